The van der Waals surface area contributed by atoms with Crippen LogP contribution in [0.2, 0.25) is 0 Å². The zero-order chi connectivity index (χ0) is 20.2. The third kappa shape index (κ3) is 4.74. The molecule has 5 heteroatoms. The maximum Gasteiger partial charge on any atom is 0.260 e. The highest BCUT2D eigenvalue weighted by atomic mass is 16.2. The van der Waals surface area contributed by atoms with Crippen LogP contribution in [0, 0.1) is 5.92 Å². The lowest BCUT2D eigenvalue weighted by Crippen LogP contribution is -2.36. The molecule has 1 fully saturated rings. The molecule has 2 N–H and O–H groups in total. The zero-order valence-corrected chi connectivity index (χ0v) is 16.8. The molecular formula is C24H27N3O2. The fourth-order valence-electron chi connectivity index (χ4n) is 3.76. The molecule has 0 atom stereocenters. The number of carbonyl (C=O) groups is 2. The smallest absolute Gasteiger partial charge is 0.260 e. The molecule has 1 aliphatic carbocycles. The molecule has 2 aromatic rings. The molecule has 1 heterocycles. The molecule has 0 aromatic heterocycles. The molecule has 0 radical (unpaired) electrons. The van der Waals surface area contributed by atoms with Crippen LogP contribution in [-0.2, 0) is 11.3 Å². The molecule has 0 spiro atoms. The van der Waals surface area contributed by atoms with E-state index in [0.29, 0.717) is 16.7 Å². The van der Waals surface area contributed by atoms with E-state index in [9.17, 15) is 9.59 Å². The van der Waals surface area contributed by atoms with Gasteiger partial charge in [0.15, 0.2) is 0 Å². The number of fused-ring (bicyclic) bond motifs is 1. The van der Waals surface area contributed by atoms with E-state index in [1.54, 1.807) is 24.4 Å². The van der Waals surface area contributed by atoms with Gasteiger partial charge < -0.3 is 5.32 Å². The SMILES string of the molecule is CCCN(Cc1ccc(N/C=C2/C(=O)NC(=O)c3ccccc32)cc1)CC1CC1. The Bertz CT molecular complexity index is 929. The lowest BCUT2D eigenvalue weighted by molar-refractivity contribution is -0.114. The highest BCUT2D eigenvalue weighted by Gasteiger charge is 2.26. The van der Waals surface area contributed by atoms with Gasteiger partial charge in [-0.3, -0.25) is 19.8 Å². The largest absolute Gasteiger partial charge is 0.361 e. The van der Waals surface area contributed by atoms with Gasteiger partial charge in [-0.1, -0.05) is 37.3 Å². The summed E-state index contributed by atoms with van der Waals surface area (Å²) in [5, 5.41) is 5.59. The topological polar surface area (TPSA) is 61.4 Å². The van der Waals surface area contributed by atoms with Gasteiger partial charge in [-0.15, -0.1) is 0 Å². The third-order valence-corrected chi connectivity index (χ3v) is 5.43. The quantitative estimate of drug-likeness (QED) is 0.529. The number of amides is 2. The summed E-state index contributed by atoms with van der Waals surface area (Å²) < 4.78 is 0. The molecule has 150 valence electrons. The monoisotopic (exact) mass is 389 g/mol. The van der Waals surface area contributed by atoms with Crippen LogP contribution in [0.5, 0.6) is 0 Å². The van der Waals surface area contributed by atoms with Crippen molar-refractivity contribution in [3.63, 3.8) is 0 Å². The second-order valence-corrected chi connectivity index (χ2v) is 7.91. The van der Waals surface area contributed by atoms with Crippen LogP contribution in [0.3, 0.4) is 0 Å². The summed E-state index contributed by atoms with van der Waals surface area (Å²) in [6.45, 7) is 5.54. The Morgan fingerprint density at radius 3 is 2.45 bits per heavy atom. The predicted octanol–water partition coefficient (Wildman–Crippen LogP) is 4.03. The van der Waals surface area contributed by atoms with E-state index in [2.05, 4.69) is 34.6 Å². The molecule has 2 aliphatic rings. The lowest BCUT2D eigenvalue weighted by Gasteiger charge is -2.21. The summed E-state index contributed by atoms with van der Waals surface area (Å²) in [6, 6.07) is 15.5. The zero-order valence-electron chi connectivity index (χ0n) is 16.8. The summed E-state index contributed by atoms with van der Waals surface area (Å²) in [7, 11) is 0. The van der Waals surface area contributed by atoms with Crippen molar-refractivity contribution in [2.75, 3.05) is 18.4 Å². The van der Waals surface area contributed by atoms with Crippen molar-refractivity contribution in [3.8, 4) is 0 Å². The van der Waals surface area contributed by atoms with E-state index < -0.39 is 0 Å². The average molecular weight is 389 g/mol. The molecule has 5 nitrogen and oxygen atoms in total. The molecule has 1 saturated carbocycles. The molecule has 1 aliphatic heterocycles. The Morgan fingerprint density at radius 2 is 1.76 bits per heavy atom. The Labute approximate surface area is 171 Å². The Balaban J connectivity index is 1.44. The van der Waals surface area contributed by atoms with Gasteiger partial charge in [-0.05, 0) is 55.5 Å². The highest BCUT2D eigenvalue weighted by molar-refractivity contribution is 6.31. The Hall–Kier alpha value is -2.92. The molecule has 2 amide bonds. The maximum atomic E-state index is 12.3. The van der Waals surface area contributed by atoms with Crippen molar-refractivity contribution in [1.29, 1.82) is 0 Å². The summed E-state index contributed by atoms with van der Waals surface area (Å²) in [6.07, 6.45) is 5.60. The number of hydrogen-bond donors (Lipinski definition) is 2. The van der Waals surface area contributed by atoms with Crippen LogP contribution in [0.1, 0.15) is 47.7 Å². The second kappa shape index (κ2) is 8.62. The fourth-order valence-corrected chi connectivity index (χ4v) is 3.76. The van der Waals surface area contributed by atoms with Gasteiger partial charge in [-0.25, -0.2) is 0 Å². The first-order valence-corrected chi connectivity index (χ1v) is 10.4. The van der Waals surface area contributed by atoms with Gasteiger partial charge in [0.2, 0.25) is 0 Å². The number of carbonyl (C=O) groups excluding carboxylic acids is 2. The van der Waals surface area contributed by atoms with Gasteiger partial charge in [0.25, 0.3) is 11.8 Å². The molecule has 0 saturated heterocycles. The van der Waals surface area contributed by atoms with E-state index in [4.69, 9.17) is 0 Å². The Morgan fingerprint density at radius 1 is 1.03 bits per heavy atom. The van der Waals surface area contributed by atoms with Crippen LogP contribution in [0.4, 0.5) is 5.69 Å². The number of nitrogens with one attached hydrogen (secondary N) is 2. The van der Waals surface area contributed by atoms with E-state index in [-0.39, 0.29) is 11.8 Å². The highest BCUT2D eigenvalue weighted by Crippen LogP contribution is 2.30. The van der Waals surface area contributed by atoms with Crippen molar-refractivity contribution in [2.45, 2.75) is 32.7 Å². The van der Waals surface area contributed by atoms with Crippen LogP contribution in [-0.4, -0.2) is 29.8 Å². The molecular weight excluding hydrogens is 362 g/mol. The minimum absolute atomic E-state index is 0.352. The fraction of sp³-hybridized carbons (Fsp3) is 0.333. The van der Waals surface area contributed by atoms with E-state index in [1.807, 2.05) is 18.2 Å². The van der Waals surface area contributed by atoms with E-state index in [0.717, 1.165) is 24.7 Å². The van der Waals surface area contributed by atoms with Gasteiger partial charge >= 0.3 is 0 Å². The van der Waals surface area contributed by atoms with Crippen LogP contribution < -0.4 is 10.6 Å². The van der Waals surface area contributed by atoms with Crippen molar-refractivity contribution in [2.24, 2.45) is 5.92 Å². The minimum Gasteiger partial charge on any atom is -0.361 e. The molecule has 2 aromatic carbocycles. The van der Waals surface area contributed by atoms with Gasteiger partial charge in [0, 0.05) is 36.1 Å². The first kappa shape index (κ1) is 19.4. The van der Waals surface area contributed by atoms with Gasteiger partial charge in [-0.2, -0.15) is 0 Å². The van der Waals surface area contributed by atoms with E-state index in [1.165, 1.54) is 31.4 Å². The second-order valence-electron chi connectivity index (χ2n) is 7.91. The lowest BCUT2D eigenvalue weighted by atomic mass is 9.96. The molecule has 0 unspecified atom stereocenters. The molecule has 0 bridgehead atoms. The minimum atomic E-state index is -0.381. The van der Waals surface area contributed by atoms with Crippen molar-refractivity contribution >= 4 is 23.1 Å². The van der Waals surface area contributed by atoms with Crippen molar-refractivity contribution in [3.05, 3.63) is 71.4 Å². The predicted molar refractivity (Wildman–Crippen MR) is 115 cm³/mol. The number of anilines is 1. The summed E-state index contributed by atoms with van der Waals surface area (Å²) in [5.41, 5.74) is 3.84. The Kier molecular flexibility index (Phi) is 5.76. The van der Waals surface area contributed by atoms with Gasteiger partial charge in [0.1, 0.15) is 0 Å². The van der Waals surface area contributed by atoms with Crippen molar-refractivity contribution in [1.82, 2.24) is 10.2 Å². The maximum absolute atomic E-state index is 12.3. The summed E-state index contributed by atoms with van der Waals surface area (Å²) in [5.74, 6) is 0.161. The summed E-state index contributed by atoms with van der Waals surface area (Å²) in [4.78, 5) is 26.8. The number of hydrogen-bond acceptors (Lipinski definition) is 4. The van der Waals surface area contributed by atoms with E-state index >= 15 is 0 Å². The molecule has 4 rings (SSSR count). The first-order chi connectivity index (χ1) is 14.1. The van der Waals surface area contributed by atoms with Crippen LogP contribution in [0.15, 0.2) is 54.7 Å². The number of nitrogens with zero attached hydrogens (tertiary/aromatic N) is 1. The number of benzene rings is 2. The summed E-state index contributed by atoms with van der Waals surface area (Å²) >= 11 is 0. The standard InChI is InChI=1S/C24H27N3O2/c1-2-13-27(15-17-7-8-17)16-18-9-11-19(12-10-18)25-14-22-20-5-3-4-6-21(20)23(28)26-24(22)29/h3-6,9-12,14,17,25H,2,7-8,13,15-16H2,1H3,(H,26,28,29)/b22-14+. The molecule has 29 heavy (non-hydrogen) atoms. The van der Waals surface area contributed by atoms with Crippen LogP contribution >= 0.6 is 0 Å². The normalized spacial score (nSPS) is 17.4. The average Bonchev–Trinajstić information content (AvgIpc) is 3.53. The van der Waals surface area contributed by atoms with Crippen LogP contribution in [0.25, 0.3) is 5.57 Å². The van der Waals surface area contributed by atoms with Crippen molar-refractivity contribution < 1.29 is 9.59 Å². The first-order valence-electron chi connectivity index (χ1n) is 10.4. The third-order valence-electron chi connectivity index (χ3n) is 5.43. The number of imide groups is 1. The number of rotatable bonds is 8. The van der Waals surface area contributed by atoms with Gasteiger partial charge in [0.05, 0.1) is 5.57 Å².